The Morgan fingerprint density at radius 1 is 0.882 bits per heavy atom. The molecule has 0 fully saturated rings. The van der Waals surface area contributed by atoms with Gasteiger partial charge >= 0.3 is 0 Å². The van der Waals surface area contributed by atoms with Crippen molar-refractivity contribution in [2.24, 2.45) is 0 Å². The zero-order valence-corrected chi connectivity index (χ0v) is 8.97. The van der Waals surface area contributed by atoms with Gasteiger partial charge in [-0.15, -0.1) is 10.2 Å². The Balaban J connectivity index is 0.000000181. The fourth-order valence-electron chi connectivity index (χ4n) is 1.18. The summed E-state index contributed by atoms with van der Waals surface area (Å²) in [5.74, 6) is 0. The fraction of sp³-hybridized carbons (Fsp3) is 0. The minimum atomic E-state index is 0.964. The SMILES string of the molecule is c1ccc(-c2cccnc2)nc1.c1nnco1. The lowest BCUT2D eigenvalue weighted by molar-refractivity contribution is 0.553. The van der Waals surface area contributed by atoms with Gasteiger partial charge in [0.25, 0.3) is 0 Å². The van der Waals surface area contributed by atoms with Crippen LogP contribution in [0.5, 0.6) is 0 Å². The van der Waals surface area contributed by atoms with E-state index in [-0.39, 0.29) is 0 Å². The Labute approximate surface area is 98.2 Å². The van der Waals surface area contributed by atoms with Crippen LogP contribution in [0.1, 0.15) is 0 Å². The number of aromatic nitrogens is 4. The van der Waals surface area contributed by atoms with Crippen molar-refractivity contribution in [1.82, 2.24) is 20.2 Å². The summed E-state index contributed by atoms with van der Waals surface area (Å²) in [5.41, 5.74) is 2.02. The molecule has 0 saturated heterocycles. The van der Waals surface area contributed by atoms with E-state index in [4.69, 9.17) is 0 Å². The lowest BCUT2D eigenvalue weighted by Gasteiger charge is -1.96. The lowest BCUT2D eigenvalue weighted by atomic mass is 10.2. The van der Waals surface area contributed by atoms with E-state index in [0.717, 1.165) is 11.3 Å². The average molecular weight is 226 g/mol. The third kappa shape index (κ3) is 3.49. The summed E-state index contributed by atoms with van der Waals surface area (Å²) >= 11 is 0. The van der Waals surface area contributed by atoms with E-state index >= 15 is 0 Å². The van der Waals surface area contributed by atoms with E-state index < -0.39 is 0 Å². The van der Waals surface area contributed by atoms with Gasteiger partial charge in [0.1, 0.15) is 0 Å². The van der Waals surface area contributed by atoms with Gasteiger partial charge in [0.2, 0.25) is 12.8 Å². The van der Waals surface area contributed by atoms with E-state index in [0.29, 0.717) is 0 Å². The molecule has 0 amide bonds. The van der Waals surface area contributed by atoms with Gasteiger partial charge in [0.15, 0.2) is 0 Å². The standard InChI is InChI=1S/C10H8N2.C2H2N2O/c1-2-7-12-10(5-1)9-4-3-6-11-8-9;1-3-4-2-5-1/h1-8H;1-2H. The number of nitrogens with zero attached hydrogens (tertiary/aromatic N) is 4. The molecule has 0 unspecified atom stereocenters. The van der Waals surface area contributed by atoms with Crippen molar-refractivity contribution in [2.75, 3.05) is 0 Å². The molecule has 0 bridgehead atoms. The zero-order valence-electron chi connectivity index (χ0n) is 8.97. The first kappa shape index (κ1) is 10.9. The van der Waals surface area contributed by atoms with Crippen molar-refractivity contribution in [3.8, 4) is 11.3 Å². The maximum atomic E-state index is 4.36. The normalized spacial score (nSPS) is 9.18. The first-order valence-corrected chi connectivity index (χ1v) is 4.97. The molecule has 17 heavy (non-hydrogen) atoms. The average Bonchev–Trinajstić information content (AvgIpc) is 3.00. The third-order valence-electron chi connectivity index (χ3n) is 1.90. The quantitative estimate of drug-likeness (QED) is 0.636. The highest BCUT2D eigenvalue weighted by atomic mass is 16.3. The third-order valence-corrected chi connectivity index (χ3v) is 1.90. The van der Waals surface area contributed by atoms with Crippen molar-refractivity contribution in [1.29, 1.82) is 0 Å². The second kappa shape index (κ2) is 6.12. The Morgan fingerprint density at radius 3 is 2.29 bits per heavy atom. The van der Waals surface area contributed by atoms with Gasteiger partial charge in [-0.1, -0.05) is 6.07 Å². The minimum absolute atomic E-state index is 0.964. The summed E-state index contributed by atoms with van der Waals surface area (Å²) in [7, 11) is 0. The minimum Gasteiger partial charge on any atom is -0.431 e. The zero-order chi connectivity index (χ0) is 11.8. The molecule has 0 N–H and O–H groups in total. The van der Waals surface area contributed by atoms with Crippen molar-refractivity contribution < 1.29 is 4.42 Å². The van der Waals surface area contributed by atoms with Crippen LogP contribution in [-0.2, 0) is 0 Å². The largest absolute Gasteiger partial charge is 0.431 e. The highest BCUT2D eigenvalue weighted by Gasteiger charge is 1.94. The first-order chi connectivity index (χ1) is 8.47. The van der Waals surface area contributed by atoms with E-state index in [1.54, 1.807) is 12.4 Å². The van der Waals surface area contributed by atoms with Crippen molar-refractivity contribution >= 4 is 0 Å². The highest BCUT2D eigenvalue weighted by molar-refractivity contribution is 5.56. The Kier molecular flexibility index (Phi) is 3.94. The molecule has 0 spiro atoms. The van der Waals surface area contributed by atoms with E-state index in [1.165, 1.54) is 12.8 Å². The Morgan fingerprint density at radius 2 is 1.76 bits per heavy atom. The van der Waals surface area contributed by atoms with Crippen LogP contribution in [0.15, 0.2) is 66.1 Å². The molecule has 0 atom stereocenters. The molecule has 0 radical (unpaired) electrons. The van der Waals surface area contributed by atoms with Gasteiger partial charge in [-0.05, 0) is 24.3 Å². The molecule has 0 aliphatic rings. The molecule has 3 aromatic rings. The molecule has 3 aromatic heterocycles. The molecular formula is C12H10N4O. The fourth-order valence-corrected chi connectivity index (χ4v) is 1.18. The second-order valence-electron chi connectivity index (χ2n) is 3.03. The number of rotatable bonds is 1. The summed E-state index contributed by atoms with van der Waals surface area (Å²) in [6.45, 7) is 0. The predicted molar refractivity (Wildman–Crippen MR) is 61.8 cm³/mol. The number of hydrogen-bond acceptors (Lipinski definition) is 5. The summed E-state index contributed by atoms with van der Waals surface area (Å²) < 4.78 is 4.36. The summed E-state index contributed by atoms with van der Waals surface area (Å²) in [4.78, 5) is 8.23. The molecule has 0 aromatic carbocycles. The first-order valence-electron chi connectivity index (χ1n) is 4.97. The Bertz CT molecular complexity index is 456. The molecular weight excluding hydrogens is 216 g/mol. The van der Waals surface area contributed by atoms with Crippen LogP contribution in [0.4, 0.5) is 0 Å². The maximum Gasteiger partial charge on any atom is 0.203 e. The maximum absolute atomic E-state index is 4.36. The predicted octanol–water partition coefficient (Wildman–Crippen LogP) is 2.21. The smallest absolute Gasteiger partial charge is 0.203 e. The van der Waals surface area contributed by atoms with Crippen LogP contribution < -0.4 is 0 Å². The van der Waals surface area contributed by atoms with Crippen LogP contribution >= 0.6 is 0 Å². The molecule has 0 aliphatic heterocycles. The summed E-state index contributed by atoms with van der Waals surface area (Å²) in [5, 5.41) is 6.61. The molecule has 0 aliphatic carbocycles. The van der Waals surface area contributed by atoms with Gasteiger partial charge in [-0.2, -0.15) is 0 Å². The van der Waals surface area contributed by atoms with Crippen LogP contribution in [-0.4, -0.2) is 20.2 Å². The van der Waals surface area contributed by atoms with Gasteiger partial charge in [-0.25, -0.2) is 0 Å². The monoisotopic (exact) mass is 226 g/mol. The molecule has 0 saturated carbocycles. The molecule has 5 heteroatoms. The van der Waals surface area contributed by atoms with Gasteiger partial charge in [0.05, 0.1) is 5.69 Å². The molecule has 5 nitrogen and oxygen atoms in total. The van der Waals surface area contributed by atoms with E-state index in [9.17, 15) is 0 Å². The van der Waals surface area contributed by atoms with Gasteiger partial charge in [-0.3, -0.25) is 9.97 Å². The highest BCUT2D eigenvalue weighted by Crippen LogP contribution is 2.12. The van der Waals surface area contributed by atoms with E-state index in [2.05, 4.69) is 24.6 Å². The summed E-state index contributed by atoms with van der Waals surface area (Å²) in [6, 6.07) is 9.74. The molecule has 3 rings (SSSR count). The number of pyridine rings is 2. The van der Waals surface area contributed by atoms with Crippen LogP contribution in [0.3, 0.4) is 0 Å². The van der Waals surface area contributed by atoms with E-state index in [1.807, 2.05) is 36.5 Å². The lowest BCUT2D eigenvalue weighted by Crippen LogP contribution is -1.81. The molecule has 3 heterocycles. The van der Waals surface area contributed by atoms with Crippen molar-refractivity contribution in [3.05, 3.63) is 61.7 Å². The second-order valence-corrected chi connectivity index (χ2v) is 3.03. The van der Waals surface area contributed by atoms with Crippen LogP contribution in [0.25, 0.3) is 11.3 Å². The van der Waals surface area contributed by atoms with Gasteiger partial charge < -0.3 is 4.42 Å². The molecule has 84 valence electrons. The van der Waals surface area contributed by atoms with Crippen LogP contribution in [0.2, 0.25) is 0 Å². The number of hydrogen-bond donors (Lipinski definition) is 0. The van der Waals surface area contributed by atoms with Crippen molar-refractivity contribution in [3.63, 3.8) is 0 Å². The topological polar surface area (TPSA) is 64.7 Å². The van der Waals surface area contributed by atoms with Crippen LogP contribution in [0, 0.1) is 0 Å². The summed E-state index contributed by atoms with van der Waals surface area (Å²) in [6.07, 6.45) is 7.87. The van der Waals surface area contributed by atoms with Gasteiger partial charge in [0, 0.05) is 24.2 Å². The Hall–Kier alpha value is -2.56. The van der Waals surface area contributed by atoms with Crippen molar-refractivity contribution in [2.45, 2.75) is 0 Å².